The second kappa shape index (κ2) is 67.4. The second-order valence-corrected chi connectivity index (χ2v) is 29.2. The van der Waals surface area contributed by atoms with Crippen molar-refractivity contribution >= 4 is 19.8 Å². The Morgan fingerprint density at radius 3 is 0.753 bits per heavy atom. The molecule has 0 radical (unpaired) electrons. The average molecular weight is 1230 g/mol. The van der Waals surface area contributed by atoms with Crippen molar-refractivity contribution < 1.29 is 42.1 Å². The van der Waals surface area contributed by atoms with Crippen molar-refractivity contribution in [3.63, 3.8) is 0 Å². The minimum atomic E-state index is -4.39. The summed E-state index contributed by atoms with van der Waals surface area (Å²) >= 11 is 0. The highest BCUT2D eigenvalue weighted by Crippen LogP contribution is 2.43. The smallest absolute Gasteiger partial charge is 0.462 e. The largest absolute Gasteiger partial charge is 0.472 e. The van der Waals surface area contributed by atoms with E-state index in [9.17, 15) is 19.0 Å². The highest BCUT2D eigenvalue weighted by atomic mass is 31.2. The first-order chi connectivity index (χ1) is 41.5. The summed E-state index contributed by atoms with van der Waals surface area (Å²) in [5.74, 6) is -0.765. The lowest BCUT2D eigenvalue weighted by molar-refractivity contribution is -0.870. The SMILES string of the molecule is CCCCCCCCCCCCCCCCCCCCCCCCCCCCCCCCCC(=O)OC(COC(=O)CCCCCCCCCCCCCCCCCCCCCCCCCCCCCCCC)COP(=O)(O)OCC[N+](C)(C)C. The van der Waals surface area contributed by atoms with E-state index in [2.05, 4.69) is 13.8 Å². The van der Waals surface area contributed by atoms with Crippen LogP contribution in [0.15, 0.2) is 0 Å². The highest BCUT2D eigenvalue weighted by Gasteiger charge is 2.27. The number of unbranched alkanes of at least 4 members (excludes halogenated alkanes) is 59. The molecule has 0 aliphatic heterocycles. The minimum Gasteiger partial charge on any atom is -0.462 e. The van der Waals surface area contributed by atoms with Gasteiger partial charge in [-0.3, -0.25) is 18.6 Å². The van der Waals surface area contributed by atoms with E-state index in [0.29, 0.717) is 17.4 Å². The third kappa shape index (κ3) is 72.0. The molecule has 0 aromatic heterocycles. The number of phosphoric ester groups is 1. The number of quaternary nitrogens is 1. The Balaban J connectivity index is 3.92. The molecule has 0 bridgehead atoms. The Morgan fingerprint density at radius 2 is 0.529 bits per heavy atom. The van der Waals surface area contributed by atoms with Gasteiger partial charge in [0.1, 0.15) is 19.8 Å². The molecule has 10 heteroatoms. The summed E-state index contributed by atoms with van der Waals surface area (Å²) in [6.07, 6.45) is 82.4. The number of hydrogen-bond donors (Lipinski definition) is 1. The van der Waals surface area contributed by atoms with E-state index in [1.807, 2.05) is 21.1 Å². The summed E-state index contributed by atoms with van der Waals surface area (Å²) in [4.78, 5) is 35.9. The number of hydrogen-bond acceptors (Lipinski definition) is 7. The molecule has 0 aromatic rings. The molecule has 2 unspecified atom stereocenters. The molecule has 0 spiro atoms. The molecule has 9 nitrogen and oxygen atoms in total. The zero-order valence-corrected chi connectivity index (χ0v) is 59.0. The van der Waals surface area contributed by atoms with Gasteiger partial charge in [0.2, 0.25) is 0 Å². The van der Waals surface area contributed by atoms with E-state index in [1.165, 1.54) is 353 Å². The molecule has 0 aliphatic rings. The van der Waals surface area contributed by atoms with E-state index in [0.717, 1.165) is 38.5 Å². The standard InChI is InChI=1S/C75H150NO8P/c1-6-8-10-12-14-16-18-20-22-24-26-28-30-32-34-36-38-40-42-44-46-48-50-52-54-56-58-60-62-64-66-68-75(78)84-73(72-83-85(79,80)82-70-69-76(3,4)5)71-81-74(77)67-65-63-61-59-57-55-53-51-49-47-45-43-41-39-37-35-33-31-29-27-25-23-21-19-17-15-13-11-9-7-2/h73H,6-72H2,1-5H3/p+1. The first-order valence-corrected chi connectivity index (χ1v) is 39.8. The van der Waals surface area contributed by atoms with Crippen molar-refractivity contribution in [1.29, 1.82) is 0 Å². The Morgan fingerprint density at radius 1 is 0.318 bits per heavy atom. The second-order valence-electron chi connectivity index (χ2n) is 27.8. The maximum absolute atomic E-state index is 12.9. The molecule has 0 fully saturated rings. The van der Waals surface area contributed by atoms with Crippen molar-refractivity contribution in [3.05, 3.63) is 0 Å². The number of likely N-dealkylation sites (N-methyl/N-ethyl adjacent to an activating group) is 1. The number of ether oxygens (including phenoxy) is 2. The van der Waals surface area contributed by atoms with Gasteiger partial charge in [0.25, 0.3) is 0 Å². The summed E-state index contributed by atoms with van der Waals surface area (Å²) in [7, 11) is 1.51. The summed E-state index contributed by atoms with van der Waals surface area (Å²) < 4.78 is 34.8. The van der Waals surface area contributed by atoms with E-state index >= 15 is 0 Å². The van der Waals surface area contributed by atoms with Crippen LogP contribution >= 0.6 is 7.82 Å². The van der Waals surface area contributed by atoms with Gasteiger partial charge < -0.3 is 18.9 Å². The molecule has 0 rings (SSSR count). The minimum absolute atomic E-state index is 0.0378. The summed E-state index contributed by atoms with van der Waals surface area (Å²) in [5.41, 5.74) is 0. The van der Waals surface area contributed by atoms with Crippen LogP contribution in [0.3, 0.4) is 0 Å². The number of phosphoric acid groups is 1. The summed E-state index contributed by atoms with van der Waals surface area (Å²) in [6, 6.07) is 0. The summed E-state index contributed by atoms with van der Waals surface area (Å²) in [5, 5.41) is 0. The van der Waals surface area contributed by atoms with Crippen LogP contribution in [0.4, 0.5) is 0 Å². The van der Waals surface area contributed by atoms with E-state index in [4.69, 9.17) is 18.5 Å². The van der Waals surface area contributed by atoms with E-state index in [1.54, 1.807) is 0 Å². The predicted molar refractivity (Wildman–Crippen MR) is 368 cm³/mol. The van der Waals surface area contributed by atoms with Gasteiger partial charge in [0.15, 0.2) is 6.10 Å². The van der Waals surface area contributed by atoms with Crippen LogP contribution in [0, 0.1) is 0 Å². The quantitative estimate of drug-likeness (QED) is 0.0278. The lowest BCUT2D eigenvalue weighted by atomic mass is 10.0. The number of rotatable bonds is 73. The van der Waals surface area contributed by atoms with Gasteiger partial charge in [-0.1, -0.05) is 393 Å². The van der Waals surface area contributed by atoms with Gasteiger partial charge in [0.05, 0.1) is 27.7 Å². The van der Waals surface area contributed by atoms with Crippen molar-refractivity contribution in [2.75, 3.05) is 47.5 Å². The highest BCUT2D eigenvalue weighted by molar-refractivity contribution is 7.47. The molecule has 1 N–H and O–H groups in total. The van der Waals surface area contributed by atoms with Crippen LogP contribution in [0.5, 0.6) is 0 Å². The van der Waals surface area contributed by atoms with Gasteiger partial charge in [-0.05, 0) is 12.8 Å². The normalized spacial score (nSPS) is 13.0. The topological polar surface area (TPSA) is 108 Å². The Bertz CT molecular complexity index is 1390. The molecular weight excluding hydrogens is 1070 g/mol. The Hall–Kier alpha value is -0.990. The fraction of sp³-hybridized carbons (Fsp3) is 0.973. The van der Waals surface area contributed by atoms with Crippen LogP contribution in [0.1, 0.15) is 418 Å². The van der Waals surface area contributed by atoms with Crippen molar-refractivity contribution in [1.82, 2.24) is 0 Å². The van der Waals surface area contributed by atoms with Crippen LogP contribution < -0.4 is 0 Å². The molecule has 0 saturated heterocycles. The zero-order valence-electron chi connectivity index (χ0n) is 58.2. The van der Waals surface area contributed by atoms with Gasteiger partial charge in [-0.2, -0.15) is 0 Å². The van der Waals surface area contributed by atoms with Gasteiger partial charge in [-0.25, -0.2) is 4.57 Å². The molecule has 85 heavy (non-hydrogen) atoms. The third-order valence-electron chi connectivity index (χ3n) is 17.9. The molecule has 2 atom stereocenters. The monoisotopic (exact) mass is 1230 g/mol. The molecular formula is C75H151NO8P+. The maximum atomic E-state index is 12.9. The molecule has 0 heterocycles. The first kappa shape index (κ1) is 84.0. The van der Waals surface area contributed by atoms with E-state index < -0.39 is 26.5 Å². The van der Waals surface area contributed by atoms with Crippen molar-refractivity contribution in [2.45, 2.75) is 424 Å². The summed E-state index contributed by atoms with van der Waals surface area (Å²) in [6.45, 7) is 4.54. The van der Waals surface area contributed by atoms with Gasteiger partial charge in [0, 0.05) is 12.8 Å². The lowest BCUT2D eigenvalue weighted by Crippen LogP contribution is -2.37. The fourth-order valence-corrected chi connectivity index (χ4v) is 12.8. The molecule has 0 aliphatic carbocycles. The molecule has 0 aromatic carbocycles. The Labute approximate surface area is 531 Å². The van der Waals surface area contributed by atoms with Crippen LogP contribution in [0.2, 0.25) is 0 Å². The van der Waals surface area contributed by atoms with Crippen LogP contribution in [-0.4, -0.2) is 74.9 Å². The fourth-order valence-electron chi connectivity index (χ4n) is 12.0. The number of carbonyl (C=O) groups is 2. The zero-order chi connectivity index (χ0) is 61.9. The number of esters is 2. The van der Waals surface area contributed by atoms with Crippen molar-refractivity contribution in [2.24, 2.45) is 0 Å². The maximum Gasteiger partial charge on any atom is 0.472 e. The van der Waals surface area contributed by atoms with Crippen LogP contribution in [-0.2, 0) is 32.7 Å². The van der Waals surface area contributed by atoms with Gasteiger partial charge in [-0.15, -0.1) is 0 Å². The predicted octanol–water partition coefficient (Wildman–Crippen LogP) is 24.9. The van der Waals surface area contributed by atoms with Crippen molar-refractivity contribution in [3.8, 4) is 0 Å². The molecule has 0 amide bonds. The first-order valence-electron chi connectivity index (χ1n) is 38.3. The number of carbonyl (C=O) groups excluding carboxylic acids is 2. The lowest BCUT2D eigenvalue weighted by Gasteiger charge is -2.24. The number of nitrogens with zero attached hydrogens (tertiary/aromatic N) is 1. The van der Waals surface area contributed by atoms with E-state index in [-0.39, 0.29) is 25.6 Å². The average Bonchev–Trinajstić information content (AvgIpc) is 3.50. The van der Waals surface area contributed by atoms with Gasteiger partial charge >= 0.3 is 19.8 Å². The van der Waals surface area contributed by atoms with Crippen LogP contribution in [0.25, 0.3) is 0 Å². The third-order valence-corrected chi connectivity index (χ3v) is 18.9. The molecule has 0 saturated carbocycles. The molecule has 508 valence electrons. The Kier molecular flexibility index (Phi) is 66.6.